The molecule has 0 aliphatic heterocycles. The van der Waals surface area contributed by atoms with Crippen molar-refractivity contribution in [2.24, 2.45) is 11.7 Å². The Kier molecular flexibility index (Phi) is 3.74. The Morgan fingerprint density at radius 1 is 1.46 bits per heavy atom. The summed E-state index contributed by atoms with van der Waals surface area (Å²) in [5, 5.41) is 3.59. The van der Waals surface area contributed by atoms with Crippen molar-refractivity contribution in [3.05, 3.63) is 0 Å². The van der Waals surface area contributed by atoms with Crippen LogP contribution in [0.4, 0.5) is 0 Å². The highest BCUT2D eigenvalue weighted by Gasteiger charge is 2.31. The van der Waals surface area contributed by atoms with Crippen LogP contribution in [0.1, 0.15) is 46.5 Å². The predicted octanol–water partition coefficient (Wildman–Crippen LogP) is 1.89. The molecule has 0 saturated heterocycles. The summed E-state index contributed by atoms with van der Waals surface area (Å²) in [6, 6.07) is 0.322. The summed E-state index contributed by atoms with van der Waals surface area (Å²) >= 11 is 0. The van der Waals surface area contributed by atoms with Gasteiger partial charge in [0.15, 0.2) is 0 Å². The van der Waals surface area contributed by atoms with Crippen LogP contribution in [0.5, 0.6) is 0 Å². The minimum absolute atomic E-state index is 0.322. The zero-order valence-corrected chi connectivity index (χ0v) is 9.27. The van der Waals surface area contributed by atoms with E-state index in [9.17, 15) is 0 Å². The summed E-state index contributed by atoms with van der Waals surface area (Å²) in [4.78, 5) is 0. The van der Waals surface area contributed by atoms with Crippen LogP contribution in [0.15, 0.2) is 0 Å². The Bertz CT molecular complexity index is 152. The van der Waals surface area contributed by atoms with Crippen LogP contribution in [0.2, 0.25) is 0 Å². The number of rotatable bonds is 5. The van der Waals surface area contributed by atoms with E-state index in [0.717, 1.165) is 6.54 Å². The maximum atomic E-state index is 6.05. The molecule has 1 aliphatic carbocycles. The molecule has 2 atom stereocenters. The molecule has 3 N–H and O–H groups in total. The van der Waals surface area contributed by atoms with E-state index < -0.39 is 0 Å². The molecule has 2 heteroatoms. The van der Waals surface area contributed by atoms with Crippen LogP contribution in [-0.4, -0.2) is 18.1 Å². The quantitative estimate of drug-likeness (QED) is 0.685. The van der Waals surface area contributed by atoms with Gasteiger partial charge in [-0.1, -0.05) is 20.3 Å². The van der Waals surface area contributed by atoms with E-state index in [1.807, 2.05) is 0 Å². The van der Waals surface area contributed by atoms with Crippen LogP contribution in [0, 0.1) is 5.92 Å². The normalized spacial score (nSPS) is 24.9. The van der Waals surface area contributed by atoms with Crippen LogP contribution < -0.4 is 11.1 Å². The number of hydrogen-bond donors (Lipinski definition) is 2. The van der Waals surface area contributed by atoms with Crippen LogP contribution in [0.25, 0.3) is 0 Å². The van der Waals surface area contributed by atoms with Crippen LogP contribution >= 0.6 is 0 Å². The standard InChI is InChI=1S/C11H24N2/c1-4-9(2)10(12)8-13-11(3)6-5-7-11/h9-10,13H,4-8,12H2,1-3H3. The molecule has 78 valence electrons. The largest absolute Gasteiger partial charge is 0.326 e. The molecule has 0 heterocycles. The summed E-state index contributed by atoms with van der Waals surface area (Å²) < 4.78 is 0. The predicted molar refractivity (Wildman–Crippen MR) is 57.7 cm³/mol. The second-order valence-corrected chi connectivity index (χ2v) is 4.84. The fraction of sp³-hybridized carbons (Fsp3) is 1.00. The molecule has 1 rings (SSSR count). The van der Waals surface area contributed by atoms with Crippen molar-refractivity contribution in [1.29, 1.82) is 0 Å². The molecule has 0 aromatic heterocycles. The first-order chi connectivity index (χ1) is 6.07. The smallest absolute Gasteiger partial charge is 0.0191 e. The van der Waals surface area contributed by atoms with Crippen molar-refractivity contribution in [1.82, 2.24) is 5.32 Å². The minimum Gasteiger partial charge on any atom is -0.326 e. The van der Waals surface area contributed by atoms with Gasteiger partial charge in [0.2, 0.25) is 0 Å². The Hall–Kier alpha value is -0.0800. The van der Waals surface area contributed by atoms with Gasteiger partial charge in [0.25, 0.3) is 0 Å². The van der Waals surface area contributed by atoms with Gasteiger partial charge in [0.05, 0.1) is 0 Å². The van der Waals surface area contributed by atoms with E-state index in [2.05, 4.69) is 26.1 Å². The van der Waals surface area contributed by atoms with Crippen molar-refractivity contribution in [3.63, 3.8) is 0 Å². The fourth-order valence-electron chi connectivity index (χ4n) is 1.75. The topological polar surface area (TPSA) is 38.0 Å². The van der Waals surface area contributed by atoms with E-state index in [4.69, 9.17) is 5.73 Å². The molecular weight excluding hydrogens is 160 g/mol. The van der Waals surface area contributed by atoms with Crippen molar-refractivity contribution >= 4 is 0 Å². The van der Waals surface area contributed by atoms with Gasteiger partial charge in [-0.3, -0.25) is 0 Å². The van der Waals surface area contributed by atoms with Gasteiger partial charge in [0, 0.05) is 18.1 Å². The zero-order valence-electron chi connectivity index (χ0n) is 9.27. The molecular formula is C11H24N2. The lowest BCUT2D eigenvalue weighted by atomic mass is 9.78. The first kappa shape index (κ1) is 11.0. The monoisotopic (exact) mass is 184 g/mol. The molecule has 1 aliphatic rings. The highest BCUT2D eigenvalue weighted by molar-refractivity contribution is 4.92. The lowest BCUT2D eigenvalue weighted by Gasteiger charge is -2.40. The van der Waals surface area contributed by atoms with Crippen LogP contribution in [0.3, 0.4) is 0 Å². The molecule has 0 radical (unpaired) electrons. The van der Waals surface area contributed by atoms with Crippen molar-refractivity contribution in [2.75, 3.05) is 6.54 Å². The van der Waals surface area contributed by atoms with Gasteiger partial charge in [-0.05, 0) is 32.1 Å². The average Bonchev–Trinajstić information content (AvgIpc) is 2.09. The average molecular weight is 184 g/mol. The molecule has 0 bridgehead atoms. The van der Waals surface area contributed by atoms with Gasteiger partial charge in [-0.15, -0.1) is 0 Å². The van der Waals surface area contributed by atoms with Crippen molar-refractivity contribution in [2.45, 2.75) is 58.0 Å². The van der Waals surface area contributed by atoms with Gasteiger partial charge >= 0.3 is 0 Å². The van der Waals surface area contributed by atoms with E-state index in [-0.39, 0.29) is 0 Å². The summed E-state index contributed by atoms with van der Waals surface area (Å²) in [6.45, 7) is 7.72. The lowest BCUT2D eigenvalue weighted by Crippen LogP contribution is -2.53. The number of nitrogens with two attached hydrogens (primary N) is 1. The number of hydrogen-bond acceptors (Lipinski definition) is 2. The molecule has 0 aromatic rings. The first-order valence-electron chi connectivity index (χ1n) is 5.58. The van der Waals surface area contributed by atoms with Crippen LogP contribution in [-0.2, 0) is 0 Å². The summed E-state index contributed by atoms with van der Waals surface area (Å²) in [7, 11) is 0. The third kappa shape index (κ3) is 2.96. The Morgan fingerprint density at radius 2 is 2.08 bits per heavy atom. The second kappa shape index (κ2) is 4.43. The molecule has 1 saturated carbocycles. The van der Waals surface area contributed by atoms with Gasteiger partial charge in [0.1, 0.15) is 0 Å². The zero-order chi connectivity index (χ0) is 9.90. The fourth-order valence-corrected chi connectivity index (χ4v) is 1.75. The highest BCUT2D eigenvalue weighted by Crippen LogP contribution is 2.30. The van der Waals surface area contributed by atoms with E-state index in [1.54, 1.807) is 0 Å². The van der Waals surface area contributed by atoms with E-state index in [1.165, 1.54) is 25.7 Å². The Balaban J connectivity index is 2.17. The van der Waals surface area contributed by atoms with E-state index >= 15 is 0 Å². The maximum absolute atomic E-state index is 6.05. The maximum Gasteiger partial charge on any atom is 0.0191 e. The summed E-state index contributed by atoms with van der Waals surface area (Å²) in [5.74, 6) is 0.635. The lowest BCUT2D eigenvalue weighted by molar-refractivity contribution is 0.199. The highest BCUT2D eigenvalue weighted by atomic mass is 15.0. The molecule has 0 aromatic carbocycles. The Morgan fingerprint density at radius 3 is 2.46 bits per heavy atom. The van der Waals surface area contributed by atoms with Gasteiger partial charge in [-0.25, -0.2) is 0 Å². The molecule has 2 unspecified atom stereocenters. The SMILES string of the molecule is CCC(C)C(N)CNC1(C)CCC1. The first-order valence-corrected chi connectivity index (χ1v) is 5.58. The summed E-state index contributed by atoms with van der Waals surface area (Å²) in [5.41, 5.74) is 6.46. The summed E-state index contributed by atoms with van der Waals surface area (Å²) in [6.07, 6.45) is 5.20. The van der Waals surface area contributed by atoms with Crippen molar-refractivity contribution < 1.29 is 0 Å². The van der Waals surface area contributed by atoms with E-state index in [0.29, 0.717) is 17.5 Å². The molecule has 13 heavy (non-hydrogen) atoms. The Labute approximate surface area is 82.3 Å². The second-order valence-electron chi connectivity index (χ2n) is 4.84. The third-order valence-corrected chi connectivity index (χ3v) is 3.60. The third-order valence-electron chi connectivity index (χ3n) is 3.60. The molecule has 0 amide bonds. The van der Waals surface area contributed by atoms with Gasteiger partial charge in [-0.2, -0.15) is 0 Å². The van der Waals surface area contributed by atoms with Gasteiger partial charge < -0.3 is 11.1 Å². The minimum atomic E-state index is 0.322. The molecule has 0 spiro atoms. The molecule has 2 nitrogen and oxygen atoms in total. The van der Waals surface area contributed by atoms with Crippen molar-refractivity contribution in [3.8, 4) is 0 Å². The molecule has 1 fully saturated rings. The number of nitrogens with one attached hydrogen (secondary N) is 1.